The van der Waals surface area contributed by atoms with Crippen LogP contribution >= 0.6 is 0 Å². The van der Waals surface area contributed by atoms with Crippen molar-refractivity contribution in [2.75, 3.05) is 20.0 Å². The molecule has 0 aliphatic carbocycles. The maximum absolute atomic E-state index is 13.6. The molecule has 2 atom stereocenters. The summed E-state index contributed by atoms with van der Waals surface area (Å²) in [5, 5.41) is 0.258. The zero-order valence-electron chi connectivity index (χ0n) is 19.5. The minimum atomic E-state index is -1.33. The van der Waals surface area contributed by atoms with Crippen molar-refractivity contribution >= 4 is 11.2 Å². The average molecular weight is 493 g/mol. The Morgan fingerprint density at radius 1 is 1.09 bits per heavy atom. The van der Waals surface area contributed by atoms with Gasteiger partial charge in [0.15, 0.2) is 0 Å². The van der Waals surface area contributed by atoms with Crippen LogP contribution in [0.4, 0.5) is 4.39 Å². The van der Waals surface area contributed by atoms with Crippen LogP contribution in [-0.4, -0.2) is 44.0 Å². The summed E-state index contributed by atoms with van der Waals surface area (Å²) in [6, 6.07) is 15.9. The summed E-state index contributed by atoms with van der Waals surface area (Å²) in [7, 11) is 1.64. The van der Waals surface area contributed by atoms with Crippen LogP contribution in [-0.2, 0) is 28.9 Å². The molecule has 7 nitrogen and oxygen atoms in total. The van der Waals surface area contributed by atoms with E-state index in [0.717, 1.165) is 41.2 Å². The number of methoxy groups -OCH3 is 1. The smallest absolute Gasteiger partial charge is 0.343 e. The van der Waals surface area contributed by atoms with E-state index < -0.39 is 11.2 Å². The standard InChI is InChI=1S/C26H25FN4O3S/c1-33-21-10-3-17(4-11-21)15-34-16-20-9-12-23-30-24(18-5-7-19(27)8-6-18)25(31(20)23)22-13-14-28-26(29-22)35(2)32/h3-8,10-11,13-14,20H,9,12,15-16H2,1-2H3/t20-,35?/m0/s1. The maximum atomic E-state index is 13.6. The van der Waals surface area contributed by atoms with Crippen molar-refractivity contribution in [3.05, 3.63) is 78.0 Å². The number of rotatable bonds is 8. The lowest BCUT2D eigenvalue weighted by atomic mass is 10.1. The Bertz CT molecular complexity index is 1310. The number of hydrogen-bond donors (Lipinski definition) is 0. The second-order valence-electron chi connectivity index (χ2n) is 8.34. The van der Waals surface area contributed by atoms with Crippen LogP contribution in [0.5, 0.6) is 5.75 Å². The molecule has 1 unspecified atom stereocenters. The van der Waals surface area contributed by atoms with Crippen molar-refractivity contribution in [1.82, 2.24) is 19.5 Å². The number of imidazole rings is 1. The van der Waals surface area contributed by atoms with Crippen LogP contribution in [0.15, 0.2) is 66.0 Å². The number of halogens is 1. The first kappa shape index (κ1) is 23.5. The first-order valence-corrected chi connectivity index (χ1v) is 12.8. The van der Waals surface area contributed by atoms with Gasteiger partial charge in [-0.05, 0) is 54.4 Å². The molecule has 1 aliphatic rings. The summed E-state index contributed by atoms with van der Waals surface area (Å²) < 4.78 is 39.2. The van der Waals surface area contributed by atoms with Gasteiger partial charge in [-0.1, -0.05) is 12.1 Å². The molecule has 4 aromatic rings. The number of aryl methyl sites for hydroxylation is 1. The van der Waals surface area contributed by atoms with E-state index in [1.54, 1.807) is 37.8 Å². The third kappa shape index (κ3) is 4.93. The molecule has 1 aliphatic heterocycles. The van der Waals surface area contributed by atoms with Gasteiger partial charge in [0.1, 0.15) is 23.6 Å². The summed E-state index contributed by atoms with van der Waals surface area (Å²) >= 11 is -1.33. The van der Waals surface area contributed by atoms with E-state index in [4.69, 9.17) is 14.5 Å². The van der Waals surface area contributed by atoms with Crippen molar-refractivity contribution in [3.63, 3.8) is 0 Å². The summed E-state index contributed by atoms with van der Waals surface area (Å²) in [5.74, 6) is 1.43. The van der Waals surface area contributed by atoms with Gasteiger partial charge in [0.25, 0.3) is 0 Å². The molecule has 0 fully saturated rings. The number of fused-ring (bicyclic) bond motifs is 1. The largest absolute Gasteiger partial charge is 0.609 e. The third-order valence-corrected chi connectivity index (χ3v) is 6.75. The van der Waals surface area contributed by atoms with Crippen LogP contribution in [0.2, 0.25) is 0 Å². The average Bonchev–Trinajstić information content (AvgIpc) is 3.45. The monoisotopic (exact) mass is 492 g/mol. The van der Waals surface area contributed by atoms with Gasteiger partial charge in [-0.2, -0.15) is 9.97 Å². The number of ether oxygens (including phenoxy) is 2. The summed E-state index contributed by atoms with van der Waals surface area (Å²) in [6.07, 6.45) is 4.84. The lowest BCUT2D eigenvalue weighted by Crippen LogP contribution is -2.14. The van der Waals surface area contributed by atoms with Crippen molar-refractivity contribution in [2.24, 2.45) is 0 Å². The Morgan fingerprint density at radius 3 is 2.57 bits per heavy atom. The Hall–Kier alpha value is -3.27. The van der Waals surface area contributed by atoms with Crippen LogP contribution < -0.4 is 4.74 Å². The number of nitrogens with zero attached hydrogens (tertiary/aromatic N) is 4. The lowest BCUT2D eigenvalue weighted by molar-refractivity contribution is 0.0924. The lowest BCUT2D eigenvalue weighted by Gasteiger charge is -2.18. The molecule has 0 saturated carbocycles. The molecule has 2 aromatic carbocycles. The van der Waals surface area contributed by atoms with Gasteiger partial charge in [-0.3, -0.25) is 0 Å². The summed E-state index contributed by atoms with van der Waals surface area (Å²) in [6.45, 7) is 0.986. The quantitative estimate of drug-likeness (QED) is 0.264. The Balaban J connectivity index is 1.47. The van der Waals surface area contributed by atoms with Gasteiger partial charge in [0.05, 0.1) is 43.4 Å². The highest BCUT2D eigenvalue weighted by Gasteiger charge is 2.31. The van der Waals surface area contributed by atoms with Gasteiger partial charge in [0, 0.05) is 29.4 Å². The highest BCUT2D eigenvalue weighted by molar-refractivity contribution is 7.90. The highest BCUT2D eigenvalue weighted by Crippen LogP contribution is 2.39. The van der Waals surface area contributed by atoms with E-state index in [2.05, 4.69) is 14.5 Å². The van der Waals surface area contributed by atoms with E-state index in [0.29, 0.717) is 24.6 Å². The van der Waals surface area contributed by atoms with Gasteiger partial charge >= 0.3 is 5.16 Å². The molecule has 0 saturated heterocycles. The van der Waals surface area contributed by atoms with Gasteiger partial charge < -0.3 is 18.6 Å². The SMILES string of the molecule is COc1ccc(COC[C@@H]2CCc3nc(-c4ccc(F)cc4)c(-c4ccnc([S+](C)[O-])n4)n32)cc1. The molecule has 0 amide bonds. The molecule has 3 heterocycles. The molecule has 0 bridgehead atoms. The molecule has 0 radical (unpaired) electrons. The first-order valence-electron chi connectivity index (χ1n) is 11.3. The highest BCUT2D eigenvalue weighted by atomic mass is 32.2. The van der Waals surface area contributed by atoms with Gasteiger partial charge in [0.2, 0.25) is 0 Å². The van der Waals surface area contributed by atoms with Crippen molar-refractivity contribution in [3.8, 4) is 28.4 Å². The normalized spacial score (nSPS) is 15.7. The van der Waals surface area contributed by atoms with Crippen LogP contribution in [0.25, 0.3) is 22.6 Å². The second-order valence-corrected chi connectivity index (χ2v) is 9.61. The fourth-order valence-electron chi connectivity index (χ4n) is 4.33. The minimum absolute atomic E-state index is 0.0606. The fraction of sp³-hybridized carbons (Fsp3) is 0.269. The maximum Gasteiger partial charge on any atom is 0.343 e. The van der Waals surface area contributed by atoms with E-state index >= 15 is 0 Å². The molecule has 180 valence electrons. The predicted octanol–water partition coefficient (Wildman–Crippen LogP) is 4.60. The topological polar surface area (TPSA) is 85.1 Å². The Morgan fingerprint density at radius 2 is 1.86 bits per heavy atom. The van der Waals surface area contributed by atoms with E-state index in [1.807, 2.05) is 24.3 Å². The van der Waals surface area contributed by atoms with E-state index in [1.165, 1.54) is 12.1 Å². The molecule has 0 spiro atoms. The second kappa shape index (κ2) is 10.2. The van der Waals surface area contributed by atoms with Crippen LogP contribution in [0.1, 0.15) is 23.9 Å². The molecule has 5 rings (SSSR count). The number of aromatic nitrogens is 4. The number of benzene rings is 2. The summed E-state index contributed by atoms with van der Waals surface area (Å²) in [4.78, 5) is 13.6. The zero-order chi connectivity index (χ0) is 24.4. The van der Waals surface area contributed by atoms with E-state index in [9.17, 15) is 8.94 Å². The molecule has 2 aromatic heterocycles. The summed E-state index contributed by atoms with van der Waals surface area (Å²) in [5.41, 5.74) is 4.00. The van der Waals surface area contributed by atoms with Crippen molar-refractivity contribution in [1.29, 1.82) is 0 Å². The fourth-order valence-corrected chi connectivity index (χ4v) is 4.77. The number of hydrogen-bond acceptors (Lipinski definition) is 6. The minimum Gasteiger partial charge on any atom is -0.609 e. The molecular formula is C26H25FN4O3S. The van der Waals surface area contributed by atoms with Crippen LogP contribution in [0.3, 0.4) is 0 Å². The Labute approximate surface area is 206 Å². The van der Waals surface area contributed by atoms with Crippen molar-refractivity contribution in [2.45, 2.75) is 30.6 Å². The van der Waals surface area contributed by atoms with Gasteiger partial charge in [-0.25, -0.2) is 9.37 Å². The third-order valence-electron chi connectivity index (χ3n) is 6.04. The van der Waals surface area contributed by atoms with Crippen LogP contribution in [0, 0.1) is 5.82 Å². The molecule has 35 heavy (non-hydrogen) atoms. The van der Waals surface area contributed by atoms with Gasteiger partial charge in [-0.15, -0.1) is 0 Å². The first-order chi connectivity index (χ1) is 17.0. The zero-order valence-corrected chi connectivity index (χ0v) is 20.3. The predicted molar refractivity (Wildman–Crippen MR) is 131 cm³/mol. The molecule has 9 heteroatoms. The molecular weight excluding hydrogens is 467 g/mol. The Kier molecular flexibility index (Phi) is 6.81. The van der Waals surface area contributed by atoms with Crippen molar-refractivity contribution < 1.29 is 18.4 Å². The van der Waals surface area contributed by atoms with E-state index in [-0.39, 0.29) is 17.0 Å². The molecule has 0 N–H and O–H groups in total.